The van der Waals surface area contributed by atoms with Crippen LogP contribution in [0.25, 0.3) is 16.9 Å². The summed E-state index contributed by atoms with van der Waals surface area (Å²) in [4.78, 5) is 28.0. The summed E-state index contributed by atoms with van der Waals surface area (Å²) >= 11 is 0. The molecular weight excluding hydrogens is 308 g/mol. The molecule has 0 bridgehead atoms. The van der Waals surface area contributed by atoms with Crippen LogP contribution in [-0.4, -0.2) is 25.8 Å². The number of hydrogen-bond acceptors (Lipinski definition) is 4. The van der Waals surface area contributed by atoms with Gasteiger partial charge in [-0.1, -0.05) is 6.07 Å². The lowest BCUT2D eigenvalue weighted by Gasteiger charge is -2.04. The van der Waals surface area contributed by atoms with Gasteiger partial charge >= 0.3 is 5.97 Å². The summed E-state index contributed by atoms with van der Waals surface area (Å²) in [6.45, 7) is 1.80. The third-order valence-corrected chi connectivity index (χ3v) is 3.65. The molecule has 24 heavy (non-hydrogen) atoms. The lowest BCUT2D eigenvalue weighted by molar-refractivity contribution is 0.0696. The van der Waals surface area contributed by atoms with Crippen LogP contribution in [-0.2, 0) is 0 Å². The number of carbonyl (C=O) groups is 1. The molecule has 7 nitrogen and oxygen atoms in total. The molecule has 118 valence electrons. The molecule has 2 heterocycles. The molecule has 2 aromatic heterocycles. The smallest absolute Gasteiger partial charge is 0.339 e. The Hall–Kier alpha value is -3.66. The Balaban J connectivity index is 2.16. The third-order valence-electron chi connectivity index (χ3n) is 3.65. The van der Waals surface area contributed by atoms with E-state index in [4.69, 9.17) is 5.26 Å². The lowest BCUT2D eigenvalue weighted by atomic mass is 10.0. The van der Waals surface area contributed by atoms with Crippen molar-refractivity contribution in [2.24, 2.45) is 0 Å². The number of aromatic nitrogens is 3. The van der Waals surface area contributed by atoms with E-state index in [0.717, 1.165) is 10.2 Å². The number of aryl methyl sites for hydroxylation is 1. The monoisotopic (exact) mass is 320 g/mol. The molecule has 0 unspecified atom stereocenters. The number of hydrogen-bond donors (Lipinski definition) is 2. The minimum Gasteiger partial charge on any atom is -0.478 e. The van der Waals surface area contributed by atoms with E-state index in [1.54, 1.807) is 25.1 Å². The first-order chi connectivity index (χ1) is 11.5. The van der Waals surface area contributed by atoms with Crippen molar-refractivity contribution < 1.29 is 9.90 Å². The standard InChI is InChI=1S/C17H12N4O3/c1-10-7-11(8-18)4-5-12(10)14-9-20-21(16(14)22)15-13(17(23)24)3-2-6-19-15/h2-7,9,20H,1H3,(H,23,24). The molecule has 0 spiro atoms. The topological polar surface area (TPSA) is 112 Å². The number of nitriles is 1. The number of aromatic carboxylic acids is 1. The van der Waals surface area contributed by atoms with Gasteiger partial charge < -0.3 is 5.11 Å². The molecule has 0 atom stereocenters. The number of carboxylic acids is 1. The molecule has 0 aliphatic heterocycles. The summed E-state index contributed by atoms with van der Waals surface area (Å²) in [6, 6.07) is 9.93. The molecule has 0 aliphatic rings. The Morgan fingerprint density at radius 2 is 2.12 bits per heavy atom. The van der Waals surface area contributed by atoms with Crippen molar-refractivity contribution >= 4 is 5.97 Å². The first-order valence-electron chi connectivity index (χ1n) is 7.03. The number of nitrogens with one attached hydrogen (secondary N) is 1. The van der Waals surface area contributed by atoms with Gasteiger partial charge in [-0.25, -0.2) is 14.5 Å². The van der Waals surface area contributed by atoms with Gasteiger partial charge in [-0.3, -0.25) is 9.89 Å². The summed E-state index contributed by atoms with van der Waals surface area (Å²) in [5, 5.41) is 20.9. The predicted molar refractivity (Wildman–Crippen MR) is 86.0 cm³/mol. The number of aromatic amines is 1. The maximum atomic E-state index is 12.7. The van der Waals surface area contributed by atoms with Gasteiger partial charge in [0.15, 0.2) is 5.82 Å². The zero-order valence-corrected chi connectivity index (χ0v) is 12.6. The van der Waals surface area contributed by atoms with Crippen molar-refractivity contribution in [3.8, 4) is 23.0 Å². The predicted octanol–water partition coefficient (Wildman–Crippen LogP) is 2.11. The van der Waals surface area contributed by atoms with Gasteiger partial charge in [-0.2, -0.15) is 5.26 Å². The Morgan fingerprint density at radius 3 is 2.79 bits per heavy atom. The fourth-order valence-corrected chi connectivity index (χ4v) is 2.50. The van der Waals surface area contributed by atoms with Crippen molar-refractivity contribution in [1.29, 1.82) is 5.26 Å². The fraction of sp³-hybridized carbons (Fsp3) is 0.0588. The number of carboxylic acid groups (broad SMARTS) is 1. The quantitative estimate of drug-likeness (QED) is 0.767. The highest BCUT2D eigenvalue weighted by molar-refractivity contribution is 5.91. The summed E-state index contributed by atoms with van der Waals surface area (Å²) in [5.41, 5.74) is 1.83. The molecule has 0 aliphatic carbocycles. The Kier molecular flexibility index (Phi) is 3.72. The molecule has 2 N–H and O–H groups in total. The SMILES string of the molecule is Cc1cc(C#N)ccc1-c1c[nH]n(-c2ncccc2C(=O)O)c1=O. The minimum absolute atomic E-state index is 0.0209. The van der Waals surface area contributed by atoms with Crippen molar-refractivity contribution in [3.05, 3.63) is 69.8 Å². The molecule has 0 fully saturated rings. The fourth-order valence-electron chi connectivity index (χ4n) is 2.50. The summed E-state index contributed by atoms with van der Waals surface area (Å²) in [5.74, 6) is -1.15. The number of H-pyrrole nitrogens is 1. The summed E-state index contributed by atoms with van der Waals surface area (Å²) in [6.07, 6.45) is 2.92. The van der Waals surface area contributed by atoms with Crippen LogP contribution in [0.5, 0.6) is 0 Å². The highest BCUT2D eigenvalue weighted by atomic mass is 16.4. The van der Waals surface area contributed by atoms with Crippen LogP contribution < -0.4 is 5.56 Å². The number of rotatable bonds is 3. The van der Waals surface area contributed by atoms with E-state index in [9.17, 15) is 14.7 Å². The molecule has 0 amide bonds. The molecule has 0 saturated heterocycles. The van der Waals surface area contributed by atoms with Crippen LogP contribution in [0.15, 0.2) is 47.5 Å². The van der Waals surface area contributed by atoms with Crippen molar-refractivity contribution in [2.45, 2.75) is 6.92 Å². The van der Waals surface area contributed by atoms with Crippen molar-refractivity contribution in [3.63, 3.8) is 0 Å². The zero-order valence-electron chi connectivity index (χ0n) is 12.6. The molecule has 7 heteroatoms. The summed E-state index contributed by atoms with van der Waals surface area (Å²) in [7, 11) is 0. The first-order valence-corrected chi connectivity index (χ1v) is 7.03. The van der Waals surface area contributed by atoms with E-state index in [1.165, 1.54) is 24.5 Å². The third kappa shape index (κ3) is 2.46. The molecule has 3 rings (SSSR count). The second-order valence-electron chi connectivity index (χ2n) is 5.15. The van der Waals surface area contributed by atoms with Crippen molar-refractivity contribution in [1.82, 2.24) is 14.8 Å². The van der Waals surface area contributed by atoms with Crippen LogP contribution in [0.3, 0.4) is 0 Å². The van der Waals surface area contributed by atoms with Gasteiger partial charge in [0.25, 0.3) is 5.56 Å². The maximum Gasteiger partial charge on any atom is 0.339 e. The van der Waals surface area contributed by atoms with Gasteiger partial charge in [-0.15, -0.1) is 0 Å². The first kappa shape index (κ1) is 15.2. The second kappa shape index (κ2) is 5.85. The maximum absolute atomic E-state index is 12.7. The Morgan fingerprint density at radius 1 is 1.33 bits per heavy atom. The number of nitrogens with zero attached hydrogens (tertiary/aromatic N) is 3. The van der Waals surface area contributed by atoms with Crippen LogP contribution in [0, 0.1) is 18.3 Å². The average Bonchev–Trinajstić information content (AvgIpc) is 2.96. The molecule has 1 aromatic carbocycles. The van der Waals surface area contributed by atoms with Crippen LogP contribution in [0.2, 0.25) is 0 Å². The normalized spacial score (nSPS) is 10.3. The Labute approximate surface area is 136 Å². The zero-order chi connectivity index (χ0) is 17.3. The van der Waals surface area contributed by atoms with Gasteiger partial charge in [0.05, 0.1) is 17.2 Å². The van der Waals surface area contributed by atoms with Gasteiger partial charge in [-0.05, 0) is 42.3 Å². The van der Waals surface area contributed by atoms with E-state index in [0.29, 0.717) is 16.7 Å². The largest absolute Gasteiger partial charge is 0.478 e. The van der Waals surface area contributed by atoms with E-state index in [2.05, 4.69) is 10.1 Å². The lowest BCUT2D eigenvalue weighted by Crippen LogP contribution is -2.20. The minimum atomic E-state index is -1.17. The average molecular weight is 320 g/mol. The van der Waals surface area contributed by atoms with E-state index in [1.807, 2.05) is 6.07 Å². The second-order valence-corrected chi connectivity index (χ2v) is 5.15. The van der Waals surface area contributed by atoms with Gasteiger partial charge in [0, 0.05) is 12.4 Å². The number of benzene rings is 1. The molecule has 0 radical (unpaired) electrons. The van der Waals surface area contributed by atoms with Crippen LogP contribution in [0.4, 0.5) is 0 Å². The van der Waals surface area contributed by atoms with Crippen LogP contribution >= 0.6 is 0 Å². The molecule has 0 saturated carbocycles. The molecule has 3 aromatic rings. The van der Waals surface area contributed by atoms with E-state index in [-0.39, 0.29) is 11.4 Å². The van der Waals surface area contributed by atoms with Gasteiger partial charge in [0.1, 0.15) is 5.56 Å². The van der Waals surface area contributed by atoms with Gasteiger partial charge in [0.2, 0.25) is 0 Å². The Bertz CT molecular complexity index is 1040. The highest BCUT2D eigenvalue weighted by Crippen LogP contribution is 2.21. The summed E-state index contributed by atoms with van der Waals surface area (Å²) < 4.78 is 1.09. The van der Waals surface area contributed by atoms with E-state index >= 15 is 0 Å². The highest BCUT2D eigenvalue weighted by Gasteiger charge is 2.17. The molecular formula is C17H12N4O3. The van der Waals surface area contributed by atoms with Crippen LogP contribution in [0.1, 0.15) is 21.5 Å². The van der Waals surface area contributed by atoms with Crippen molar-refractivity contribution in [2.75, 3.05) is 0 Å². The number of pyridine rings is 1. The van der Waals surface area contributed by atoms with E-state index < -0.39 is 11.5 Å².